The van der Waals surface area contributed by atoms with Gasteiger partial charge in [-0.2, -0.15) is 0 Å². The Kier molecular flexibility index (Phi) is 10.1. The monoisotopic (exact) mass is 363 g/mol. The van der Waals surface area contributed by atoms with Crippen molar-refractivity contribution in [2.75, 3.05) is 39.5 Å². The molecule has 1 atom stereocenters. The highest BCUT2D eigenvalue weighted by Gasteiger charge is 2.42. The second kappa shape index (κ2) is 11.0. The first-order chi connectivity index (χ1) is 11.1. The zero-order valence-corrected chi connectivity index (χ0v) is 17.9. The number of nitrogens with zero attached hydrogens (tertiary/aromatic N) is 1. The molecule has 1 fully saturated rings. The molecule has 0 amide bonds. The van der Waals surface area contributed by atoms with Gasteiger partial charge in [-0.15, -0.1) is 0 Å². The van der Waals surface area contributed by atoms with Crippen LogP contribution in [-0.4, -0.2) is 61.4 Å². The molecule has 1 aliphatic rings. The predicted molar refractivity (Wildman–Crippen MR) is 98.9 cm³/mol. The summed E-state index contributed by atoms with van der Waals surface area (Å²) in [4.78, 5) is 0. The highest BCUT2D eigenvalue weighted by molar-refractivity contribution is 6.70. The Balaban J connectivity index is 2.43. The van der Waals surface area contributed by atoms with Crippen LogP contribution in [0.15, 0.2) is 0 Å². The molecule has 0 saturated carbocycles. The van der Waals surface area contributed by atoms with Crippen molar-refractivity contribution in [2.45, 2.75) is 65.6 Å². The van der Waals surface area contributed by atoms with E-state index in [9.17, 15) is 0 Å². The number of rotatable bonds is 13. The molecular weight excluding hydrogens is 326 g/mol. The molecule has 1 rings (SSSR count). The fourth-order valence-electron chi connectivity index (χ4n) is 3.46. The summed E-state index contributed by atoms with van der Waals surface area (Å²) in [6.07, 6.45) is 3.55. The third kappa shape index (κ3) is 6.57. The van der Waals surface area contributed by atoms with E-state index in [1.807, 2.05) is 20.8 Å². The average molecular weight is 364 g/mol. The van der Waals surface area contributed by atoms with Crippen LogP contribution in [0, 0.1) is 0 Å². The maximum absolute atomic E-state index is 6.12. The van der Waals surface area contributed by atoms with E-state index < -0.39 is 17.3 Å². The molecule has 0 bridgehead atoms. The van der Waals surface area contributed by atoms with Crippen LogP contribution in [0.5, 0.6) is 0 Å². The third-order valence-corrected chi connectivity index (χ3v) is 11.6. The van der Waals surface area contributed by atoms with Crippen molar-refractivity contribution in [3.05, 3.63) is 0 Å². The Morgan fingerprint density at radius 3 is 2.04 bits per heavy atom. The first-order valence-corrected chi connectivity index (χ1v) is 13.9. The molecule has 0 aliphatic carbocycles. The maximum atomic E-state index is 6.12. The summed E-state index contributed by atoms with van der Waals surface area (Å²) >= 11 is 0. The summed E-state index contributed by atoms with van der Waals surface area (Å²) in [6.45, 7) is 15.7. The molecule has 1 unspecified atom stereocenters. The van der Waals surface area contributed by atoms with Crippen molar-refractivity contribution >= 4 is 17.3 Å². The molecule has 23 heavy (non-hydrogen) atoms. The van der Waals surface area contributed by atoms with E-state index in [1.54, 1.807) is 0 Å². The van der Waals surface area contributed by atoms with Crippen LogP contribution in [0.1, 0.15) is 47.0 Å². The molecule has 1 heterocycles. The van der Waals surface area contributed by atoms with Crippen LogP contribution in [0.2, 0.25) is 18.6 Å². The number of hydrogen-bond acceptors (Lipinski definition) is 5. The Hall–Kier alpha value is 0.234. The van der Waals surface area contributed by atoms with Gasteiger partial charge in [-0.25, -0.2) is 0 Å². The standard InChI is InChI=1S/C16H37NO4Si2/c1-6-18-22(5)15-12-14-17(22)13-10-11-16-23(19-7-2,20-8-3)21-9-4/h6-16H2,1-5H3. The van der Waals surface area contributed by atoms with Crippen molar-refractivity contribution in [1.29, 1.82) is 0 Å². The molecule has 0 aromatic heterocycles. The second-order valence-electron chi connectivity index (χ2n) is 6.14. The fourth-order valence-corrected chi connectivity index (χ4v) is 9.49. The molecule has 7 heteroatoms. The first-order valence-electron chi connectivity index (χ1n) is 9.36. The van der Waals surface area contributed by atoms with Gasteiger partial charge < -0.3 is 22.3 Å². The van der Waals surface area contributed by atoms with Gasteiger partial charge in [0, 0.05) is 32.5 Å². The van der Waals surface area contributed by atoms with E-state index >= 15 is 0 Å². The van der Waals surface area contributed by atoms with Gasteiger partial charge in [0.15, 0.2) is 0 Å². The summed E-state index contributed by atoms with van der Waals surface area (Å²) in [5.74, 6) is 0. The lowest BCUT2D eigenvalue weighted by Gasteiger charge is -2.33. The largest absolute Gasteiger partial charge is 0.500 e. The Morgan fingerprint density at radius 1 is 0.913 bits per heavy atom. The molecule has 0 spiro atoms. The SMILES string of the molecule is CCO[Si](CCCCN1CCC[Si]1(C)OCC)(OCC)OCC. The van der Waals surface area contributed by atoms with Crippen LogP contribution < -0.4 is 0 Å². The summed E-state index contributed by atoms with van der Waals surface area (Å²) in [5.41, 5.74) is 0. The average Bonchev–Trinajstić information content (AvgIpc) is 2.86. The Morgan fingerprint density at radius 2 is 1.52 bits per heavy atom. The lowest BCUT2D eigenvalue weighted by atomic mass is 10.3. The molecular formula is C16H37NO4Si2. The van der Waals surface area contributed by atoms with Crippen molar-refractivity contribution in [1.82, 2.24) is 4.57 Å². The van der Waals surface area contributed by atoms with Crippen LogP contribution in [0.25, 0.3) is 0 Å². The van der Waals surface area contributed by atoms with Crippen LogP contribution in [0.3, 0.4) is 0 Å². The van der Waals surface area contributed by atoms with Gasteiger partial charge in [0.2, 0.25) is 0 Å². The molecule has 0 N–H and O–H groups in total. The van der Waals surface area contributed by atoms with Crippen molar-refractivity contribution in [3.63, 3.8) is 0 Å². The van der Waals surface area contributed by atoms with E-state index in [2.05, 4.69) is 18.0 Å². The molecule has 0 radical (unpaired) electrons. The van der Waals surface area contributed by atoms with Gasteiger partial charge in [-0.05, 0) is 72.6 Å². The quantitative estimate of drug-likeness (QED) is 0.369. The minimum Gasteiger partial charge on any atom is -0.403 e. The van der Waals surface area contributed by atoms with Gasteiger partial charge in [-0.3, -0.25) is 0 Å². The highest BCUT2D eigenvalue weighted by Crippen LogP contribution is 2.28. The van der Waals surface area contributed by atoms with E-state index in [1.165, 1.54) is 19.0 Å². The smallest absolute Gasteiger partial charge is 0.403 e. The van der Waals surface area contributed by atoms with Gasteiger partial charge in [-0.1, -0.05) is 0 Å². The molecule has 5 nitrogen and oxygen atoms in total. The van der Waals surface area contributed by atoms with Gasteiger partial charge >= 0.3 is 8.80 Å². The lowest BCUT2D eigenvalue weighted by Crippen LogP contribution is -2.49. The van der Waals surface area contributed by atoms with Crippen molar-refractivity contribution in [2.24, 2.45) is 0 Å². The molecule has 1 aliphatic heterocycles. The van der Waals surface area contributed by atoms with Gasteiger partial charge in [0.25, 0.3) is 8.48 Å². The van der Waals surface area contributed by atoms with Crippen molar-refractivity contribution in [3.8, 4) is 0 Å². The third-order valence-electron chi connectivity index (χ3n) is 4.45. The number of hydrogen-bond donors (Lipinski definition) is 0. The highest BCUT2D eigenvalue weighted by atomic mass is 28.4. The lowest BCUT2D eigenvalue weighted by molar-refractivity contribution is 0.0706. The fraction of sp³-hybridized carbons (Fsp3) is 1.00. The summed E-state index contributed by atoms with van der Waals surface area (Å²) in [5, 5.41) is 0. The Labute approximate surface area is 145 Å². The summed E-state index contributed by atoms with van der Waals surface area (Å²) < 4.78 is 26.5. The van der Waals surface area contributed by atoms with Crippen LogP contribution in [0.4, 0.5) is 0 Å². The molecule has 0 aromatic carbocycles. The molecule has 1 saturated heterocycles. The van der Waals surface area contributed by atoms with Crippen molar-refractivity contribution < 1.29 is 17.7 Å². The van der Waals surface area contributed by atoms with E-state index in [4.69, 9.17) is 17.7 Å². The molecule has 0 aromatic rings. The first kappa shape index (κ1) is 21.3. The zero-order chi connectivity index (χ0) is 17.2. The predicted octanol–water partition coefficient (Wildman–Crippen LogP) is 3.63. The summed E-state index contributed by atoms with van der Waals surface area (Å²) in [6, 6.07) is 2.19. The maximum Gasteiger partial charge on any atom is 0.500 e. The number of unbranched alkanes of at least 4 members (excludes halogenated alkanes) is 1. The summed E-state index contributed by atoms with van der Waals surface area (Å²) in [7, 11) is -4.07. The van der Waals surface area contributed by atoms with E-state index in [-0.39, 0.29) is 0 Å². The topological polar surface area (TPSA) is 40.2 Å². The van der Waals surface area contributed by atoms with Crippen LogP contribution in [-0.2, 0) is 17.7 Å². The van der Waals surface area contributed by atoms with E-state index in [0.717, 1.165) is 32.0 Å². The van der Waals surface area contributed by atoms with Crippen LogP contribution >= 0.6 is 0 Å². The minimum absolute atomic E-state index is 0.660. The van der Waals surface area contributed by atoms with E-state index in [0.29, 0.717) is 19.8 Å². The zero-order valence-electron chi connectivity index (χ0n) is 15.9. The van der Waals surface area contributed by atoms with Gasteiger partial charge in [0.05, 0.1) is 0 Å². The minimum atomic E-state index is -2.46. The second-order valence-corrected chi connectivity index (χ2v) is 12.6. The normalized spacial score (nSPS) is 22.8. The Bertz CT molecular complexity index is 305. The molecule has 138 valence electrons. The van der Waals surface area contributed by atoms with Gasteiger partial charge in [0.1, 0.15) is 0 Å².